The molecule has 2 amide bonds. The van der Waals surface area contributed by atoms with Crippen LogP contribution in [-0.2, 0) is 6.54 Å². The van der Waals surface area contributed by atoms with E-state index in [-0.39, 0.29) is 11.8 Å². The predicted molar refractivity (Wildman–Crippen MR) is 132 cm³/mol. The molecule has 0 unspecified atom stereocenters. The van der Waals surface area contributed by atoms with E-state index >= 15 is 0 Å². The fourth-order valence-corrected chi connectivity index (χ4v) is 4.15. The number of benzene rings is 3. The minimum atomic E-state index is -0.209. The van der Waals surface area contributed by atoms with Crippen molar-refractivity contribution in [3.63, 3.8) is 0 Å². The van der Waals surface area contributed by atoms with Crippen molar-refractivity contribution in [3.8, 4) is 0 Å². The molecule has 0 aliphatic carbocycles. The Morgan fingerprint density at radius 2 is 1.56 bits per heavy atom. The first-order valence-corrected chi connectivity index (χ1v) is 11.7. The maximum atomic E-state index is 13.2. The second kappa shape index (κ2) is 10.5. The third-order valence-electron chi connectivity index (χ3n) is 5.60. The lowest BCUT2D eigenvalue weighted by Crippen LogP contribution is -2.32. The number of halogens is 1. The number of hydrogen-bond acceptors (Lipinski definition) is 3. The van der Waals surface area contributed by atoms with Gasteiger partial charge in [-0.25, -0.2) is 0 Å². The normalized spacial score (nSPS) is 13.5. The van der Waals surface area contributed by atoms with Gasteiger partial charge in [0.2, 0.25) is 0 Å². The minimum absolute atomic E-state index is 0.144. The Bertz CT molecular complexity index is 1080. The number of rotatable bonds is 6. The van der Waals surface area contributed by atoms with Gasteiger partial charge in [0.15, 0.2) is 0 Å². The summed E-state index contributed by atoms with van der Waals surface area (Å²) in [4.78, 5) is 28.1. The van der Waals surface area contributed by atoms with Gasteiger partial charge in [0.25, 0.3) is 11.8 Å². The van der Waals surface area contributed by atoms with Crippen molar-refractivity contribution in [1.82, 2.24) is 5.32 Å². The van der Waals surface area contributed by atoms with Gasteiger partial charge in [-0.1, -0.05) is 46.3 Å². The van der Waals surface area contributed by atoms with Gasteiger partial charge in [0, 0.05) is 41.0 Å². The van der Waals surface area contributed by atoms with Crippen molar-refractivity contribution in [3.05, 3.63) is 94.0 Å². The molecule has 0 bridgehead atoms. The summed E-state index contributed by atoms with van der Waals surface area (Å²) in [6.45, 7) is 2.32. The molecule has 1 aliphatic heterocycles. The lowest BCUT2D eigenvalue weighted by molar-refractivity contribution is 0.0950. The van der Waals surface area contributed by atoms with Gasteiger partial charge < -0.3 is 15.5 Å². The molecule has 3 aromatic rings. The predicted octanol–water partition coefficient (Wildman–Crippen LogP) is 5.62. The van der Waals surface area contributed by atoms with Crippen molar-refractivity contribution in [1.29, 1.82) is 0 Å². The van der Waals surface area contributed by atoms with E-state index in [0.29, 0.717) is 23.4 Å². The molecule has 32 heavy (non-hydrogen) atoms. The Hall–Kier alpha value is -3.12. The number of nitrogens with one attached hydrogen (secondary N) is 2. The van der Waals surface area contributed by atoms with Crippen LogP contribution in [0.25, 0.3) is 0 Å². The van der Waals surface area contributed by atoms with Crippen LogP contribution in [0, 0.1) is 0 Å². The van der Waals surface area contributed by atoms with Crippen LogP contribution in [0.4, 0.5) is 11.4 Å². The summed E-state index contributed by atoms with van der Waals surface area (Å²) in [5.74, 6) is -0.354. The SMILES string of the molecule is O=C(Nc1ccc(N2CCCCC2)c(C(=O)NCc2ccccc2)c1)c1ccc(Br)cc1. The molecule has 2 N–H and O–H groups in total. The molecule has 3 aromatic carbocycles. The number of carbonyl (C=O) groups excluding carboxylic acids is 2. The molecule has 0 spiro atoms. The van der Waals surface area contributed by atoms with E-state index in [2.05, 4.69) is 31.5 Å². The topological polar surface area (TPSA) is 61.4 Å². The lowest BCUT2D eigenvalue weighted by atomic mass is 10.1. The smallest absolute Gasteiger partial charge is 0.255 e. The van der Waals surface area contributed by atoms with Crippen molar-refractivity contribution in [2.45, 2.75) is 25.8 Å². The molecule has 6 heteroatoms. The Labute approximate surface area is 197 Å². The first-order chi connectivity index (χ1) is 15.6. The Kier molecular flexibility index (Phi) is 7.22. The van der Waals surface area contributed by atoms with E-state index in [1.807, 2.05) is 54.6 Å². The third-order valence-corrected chi connectivity index (χ3v) is 6.13. The van der Waals surface area contributed by atoms with Crippen molar-refractivity contribution in [2.24, 2.45) is 0 Å². The zero-order valence-corrected chi connectivity index (χ0v) is 19.4. The highest BCUT2D eigenvalue weighted by Crippen LogP contribution is 2.28. The van der Waals surface area contributed by atoms with Crippen LogP contribution in [0.3, 0.4) is 0 Å². The van der Waals surface area contributed by atoms with E-state index in [0.717, 1.165) is 41.7 Å². The molecule has 164 valence electrons. The molecule has 1 aliphatic rings. The monoisotopic (exact) mass is 491 g/mol. The van der Waals surface area contributed by atoms with E-state index in [1.165, 1.54) is 6.42 Å². The fourth-order valence-electron chi connectivity index (χ4n) is 3.88. The number of piperidine rings is 1. The molecular weight excluding hydrogens is 466 g/mol. The van der Waals surface area contributed by atoms with Crippen LogP contribution in [0.5, 0.6) is 0 Å². The van der Waals surface area contributed by atoms with Crippen LogP contribution in [0.15, 0.2) is 77.3 Å². The summed E-state index contributed by atoms with van der Waals surface area (Å²) in [6.07, 6.45) is 3.45. The average Bonchev–Trinajstić information content (AvgIpc) is 2.84. The number of hydrogen-bond donors (Lipinski definition) is 2. The van der Waals surface area contributed by atoms with Crippen LogP contribution >= 0.6 is 15.9 Å². The quantitative estimate of drug-likeness (QED) is 0.470. The van der Waals surface area contributed by atoms with Gasteiger partial charge >= 0.3 is 0 Å². The number of nitrogens with zero attached hydrogens (tertiary/aromatic N) is 1. The van der Waals surface area contributed by atoms with Gasteiger partial charge in [-0.05, 0) is 67.3 Å². The summed E-state index contributed by atoms with van der Waals surface area (Å²) < 4.78 is 0.914. The largest absolute Gasteiger partial charge is 0.371 e. The summed E-state index contributed by atoms with van der Waals surface area (Å²) in [7, 11) is 0. The summed E-state index contributed by atoms with van der Waals surface area (Å²) >= 11 is 3.38. The Balaban J connectivity index is 1.56. The minimum Gasteiger partial charge on any atom is -0.371 e. The molecule has 0 saturated carbocycles. The Morgan fingerprint density at radius 1 is 0.844 bits per heavy atom. The Morgan fingerprint density at radius 3 is 2.28 bits per heavy atom. The second-order valence-electron chi connectivity index (χ2n) is 7.91. The second-order valence-corrected chi connectivity index (χ2v) is 8.82. The van der Waals surface area contributed by atoms with E-state index < -0.39 is 0 Å². The van der Waals surface area contributed by atoms with Crippen LogP contribution < -0.4 is 15.5 Å². The van der Waals surface area contributed by atoms with Crippen molar-refractivity contribution in [2.75, 3.05) is 23.3 Å². The maximum Gasteiger partial charge on any atom is 0.255 e. The van der Waals surface area contributed by atoms with E-state index in [4.69, 9.17) is 0 Å². The summed E-state index contributed by atoms with van der Waals surface area (Å²) in [5, 5.41) is 5.95. The highest BCUT2D eigenvalue weighted by molar-refractivity contribution is 9.10. The highest BCUT2D eigenvalue weighted by Gasteiger charge is 2.20. The molecule has 0 atom stereocenters. The first-order valence-electron chi connectivity index (χ1n) is 10.9. The van der Waals surface area contributed by atoms with Gasteiger partial charge in [-0.2, -0.15) is 0 Å². The van der Waals surface area contributed by atoms with E-state index in [1.54, 1.807) is 18.2 Å². The van der Waals surface area contributed by atoms with Gasteiger partial charge in [0.1, 0.15) is 0 Å². The number of carbonyl (C=O) groups is 2. The van der Waals surface area contributed by atoms with E-state index in [9.17, 15) is 9.59 Å². The molecule has 0 radical (unpaired) electrons. The maximum absolute atomic E-state index is 13.2. The molecule has 1 heterocycles. The number of amides is 2. The summed E-state index contributed by atoms with van der Waals surface area (Å²) in [5.41, 5.74) is 3.69. The van der Waals surface area contributed by atoms with Crippen molar-refractivity contribution < 1.29 is 9.59 Å². The first kappa shape index (κ1) is 22.1. The molecule has 4 rings (SSSR count). The standard InChI is InChI=1S/C26H26BrN3O2/c27-21-11-9-20(10-12-21)25(31)29-22-13-14-24(30-15-5-2-6-16-30)23(17-22)26(32)28-18-19-7-3-1-4-8-19/h1,3-4,7-14,17H,2,5-6,15-16,18H2,(H,28,32)(H,29,31). The zero-order chi connectivity index (χ0) is 22.3. The van der Waals surface area contributed by atoms with Crippen LogP contribution in [0.1, 0.15) is 45.5 Å². The lowest BCUT2D eigenvalue weighted by Gasteiger charge is -2.30. The van der Waals surface area contributed by atoms with Gasteiger partial charge in [-0.15, -0.1) is 0 Å². The molecule has 1 fully saturated rings. The molecular formula is C26H26BrN3O2. The third kappa shape index (κ3) is 5.56. The highest BCUT2D eigenvalue weighted by atomic mass is 79.9. The fraction of sp³-hybridized carbons (Fsp3) is 0.231. The van der Waals surface area contributed by atoms with Gasteiger partial charge in [0.05, 0.1) is 5.56 Å². The zero-order valence-electron chi connectivity index (χ0n) is 17.8. The van der Waals surface area contributed by atoms with Crippen LogP contribution in [0.2, 0.25) is 0 Å². The molecule has 5 nitrogen and oxygen atoms in total. The van der Waals surface area contributed by atoms with Crippen molar-refractivity contribution >= 4 is 39.1 Å². The molecule has 0 aromatic heterocycles. The van der Waals surface area contributed by atoms with Gasteiger partial charge in [-0.3, -0.25) is 9.59 Å². The van der Waals surface area contributed by atoms with Crippen LogP contribution in [-0.4, -0.2) is 24.9 Å². The summed E-state index contributed by atoms with van der Waals surface area (Å²) in [6, 6.07) is 22.6. The average molecular weight is 492 g/mol. The molecule has 1 saturated heterocycles. The number of anilines is 2.